The van der Waals surface area contributed by atoms with Crippen molar-refractivity contribution in [3.8, 4) is 6.07 Å². The van der Waals surface area contributed by atoms with E-state index in [0.717, 1.165) is 10.6 Å². The summed E-state index contributed by atoms with van der Waals surface area (Å²) < 4.78 is 16.9. The summed E-state index contributed by atoms with van der Waals surface area (Å²) in [5.74, 6) is -0.347. The summed E-state index contributed by atoms with van der Waals surface area (Å²) in [4.78, 5) is 14.4. The minimum atomic E-state index is -0.289. The van der Waals surface area contributed by atoms with Crippen molar-refractivity contribution in [1.29, 1.82) is 5.26 Å². The normalized spacial score (nSPS) is 15.0. The molecule has 2 aromatic rings. The predicted molar refractivity (Wildman–Crippen MR) is 95.0 cm³/mol. The number of amides is 1. The summed E-state index contributed by atoms with van der Waals surface area (Å²) in [6.07, 6.45) is 1.41. The average molecular weight is 379 g/mol. The molecular weight excluding hydrogens is 363 g/mol. The van der Waals surface area contributed by atoms with E-state index >= 15 is 0 Å². The van der Waals surface area contributed by atoms with E-state index < -0.39 is 0 Å². The van der Waals surface area contributed by atoms with Crippen LogP contribution < -0.4 is 10.2 Å². The number of hydrogen-bond acceptors (Lipinski definition) is 5. The first kappa shape index (κ1) is 17.6. The molecule has 0 bridgehead atoms. The molecule has 0 radical (unpaired) electrons. The molecule has 0 saturated carbocycles. The molecule has 0 unspecified atom stereocenters. The highest BCUT2D eigenvalue weighted by Crippen LogP contribution is 2.33. The second-order valence-corrected chi connectivity index (χ2v) is 6.98. The van der Waals surface area contributed by atoms with Crippen molar-refractivity contribution >= 4 is 34.0 Å². The zero-order chi connectivity index (χ0) is 17.8. The van der Waals surface area contributed by atoms with Gasteiger partial charge in [-0.05, 0) is 42.1 Å². The number of piperidine rings is 1. The molecule has 1 amide bonds. The van der Waals surface area contributed by atoms with Crippen molar-refractivity contribution in [3.63, 3.8) is 0 Å². The van der Waals surface area contributed by atoms with Crippen molar-refractivity contribution in [2.75, 3.05) is 18.0 Å². The molecule has 1 N–H and O–H groups in total. The zero-order valence-electron chi connectivity index (χ0n) is 13.3. The van der Waals surface area contributed by atoms with E-state index in [1.165, 1.54) is 23.7 Å². The second-order valence-electron chi connectivity index (χ2n) is 5.87. The molecule has 1 fully saturated rings. The molecule has 2 heterocycles. The Bertz CT molecular complexity index is 794. The molecule has 130 valence electrons. The summed E-state index contributed by atoms with van der Waals surface area (Å²) >= 11 is 7.13. The van der Waals surface area contributed by atoms with Crippen LogP contribution in [0.15, 0.2) is 24.3 Å². The van der Waals surface area contributed by atoms with Crippen molar-refractivity contribution in [2.24, 2.45) is 5.92 Å². The highest BCUT2D eigenvalue weighted by Gasteiger charge is 2.27. The summed E-state index contributed by atoms with van der Waals surface area (Å²) in [5, 5.41) is 13.1. The molecule has 5 nitrogen and oxygen atoms in total. The number of anilines is 1. The monoisotopic (exact) mass is 378 g/mol. The molecule has 25 heavy (non-hydrogen) atoms. The number of benzene rings is 1. The number of rotatable bonds is 4. The third-order valence-corrected chi connectivity index (χ3v) is 5.56. The minimum absolute atomic E-state index is 0.00631. The number of nitriles is 1. The zero-order valence-corrected chi connectivity index (χ0v) is 14.9. The van der Waals surface area contributed by atoms with Gasteiger partial charge < -0.3 is 10.2 Å². The highest BCUT2D eigenvalue weighted by atomic mass is 35.5. The number of nitrogens with one attached hydrogen (secondary N) is 1. The number of halogens is 2. The standard InChI is InChI=1S/C17H16ClFN4OS/c18-15-14(9-20)17(25-22-15)23-7-5-12(6-8-23)16(24)21-10-11-1-3-13(19)4-2-11/h1-4,12H,5-8,10H2,(H,21,24). The van der Waals surface area contributed by atoms with Gasteiger partial charge >= 0.3 is 0 Å². The molecule has 0 spiro atoms. The van der Waals surface area contributed by atoms with Gasteiger partial charge in [0.05, 0.1) is 0 Å². The lowest BCUT2D eigenvalue weighted by atomic mass is 9.96. The summed E-state index contributed by atoms with van der Waals surface area (Å²) in [6.45, 7) is 1.76. The number of carbonyl (C=O) groups is 1. The van der Waals surface area contributed by atoms with Gasteiger partial charge in [0, 0.05) is 25.6 Å². The largest absolute Gasteiger partial charge is 0.361 e. The van der Waals surface area contributed by atoms with Crippen LogP contribution in [-0.2, 0) is 11.3 Å². The molecule has 1 aromatic carbocycles. The lowest BCUT2D eigenvalue weighted by Crippen LogP contribution is -2.40. The first-order valence-electron chi connectivity index (χ1n) is 7.91. The van der Waals surface area contributed by atoms with Crippen LogP contribution in [0.5, 0.6) is 0 Å². The Hall–Kier alpha value is -2.17. The third kappa shape index (κ3) is 4.09. The fourth-order valence-corrected chi connectivity index (χ4v) is 3.93. The molecule has 1 aliphatic heterocycles. The van der Waals surface area contributed by atoms with Crippen molar-refractivity contribution < 1.29 is 9.18 Å². The number of carbonyl (C=O) groups excluding carboxylic acids is 1. The van der Waals surface area contributed by atoms with Crippen LogP contribution in [0.4, 0.5) is 9.39 Å². The Morgan fingerprint density at radius 3 is 2.72 bits per heavy atom. The van der Waals surface area contributed by atoms with Crippen LogP contribution in [0.2, 0.25) is 5.15 Å². The predicted octanol–water partition coefficient (Wildman–Crippen LogP) is 3.34. The maximum atomic E-state index is 12.9. The maximum absolute atomic E-state index is 12.9. The summed E-state index contributed by atoms with van der Waals surface area (Å²) in [6, 6.07) is 8.17. The van der Waals surface area contributed by atoms with Gasteiger partial charge in [-0.1, -0.05) is 23.7 Å². The van der Waals surface area contributed by atoms with E-state index in [4.69, 9.17) is 11.6 Å². The Balaban J connectivity index is 1.52. The van der Waals surface area contributed by atoms with Crippen LogP contribution >= 0.6 is 23.1 Å². The lowest BCUT2D eigenvalue weighted by Gasteiger charge is -2.31. The van der Waals surface area contributed by atoms with Crippen LogP contribution in [0.1, 0.15) is 24.0 Å². The van der Waals surface area contributed by atoms with E-state index in [0.29, 0.717) is 38.0 Å². The Morgan fingerprint density at radius 2 is 2.08 bits per heavy atom. The van der Waals surface area contributed by atoms with Gasteiger partial charge in [-0.2, -0.15) is 9.64 Å². The van der Waals surface area contributed by atoms with Gasteiger partial charge in [-0.3, -0.25) is 4.79 Å². The first-order chi connectivity index (χ1) is 12.1. The molecule has 1 aromatic heterocycles. The van der Waals surface area contributed by atoms with Crippen LogP contribution in [0, 0.1) is 23.1 Å². The summed E-state index contributed by atoms with van der Waals surface area (Å²) in [5.41, 5.74) is 1.27. The molecule has 3 rings (SSSR count). The topological polar surface area (TPSA) is 69.0 Å². The van der Waals surface area contributed by atoms with Crippen molar-refractivity contribution in [2.45, 2.75) is 19.4 Å². The fraction of sp³-hybridized carbons (Fsp3) is 0.353. The van der Waals surface area contributed by atoms with Gasteiger partial charge in [0.15, 0.2) is 5.15 Å². The van der Waals surface area contributed by atoms with Crippen molar-refractivity contribution in [1.82, 2.24) is 9.69 Å². The van der Waals surface area contributed by atoms with E-state index in [-0.39, 0.29) is 22.8 Å². The molecule has 1 aliphatic rings. The van der Waals surface area contributed by atoms with Crippen LogP contribution in [0.3, 0.4) is 0 Å². The molecule has 0 atom stereocenters. The van der Waals surface area contributed by atoms with Gasteiger partial charge in [-0.15, -0.1) is 0 Å². The van der Waals surface area contributed by atoms with Gasteiger partial charge in [0.2, 0.25) is 5.91 Å². The lowest BCUT2D eigenvalue weighted by molar-refractivity contribution is -0.125. The van der Waals surface area contributed by atoms with Crippen molar-refractivity contribution in [3.05, 3.63) is 46.4 Å². The fourth-order valence-electron chi connectivity index (χ4n) is 2.85. The molecular formula is C17H16ClFN4OS. The Morgan fingerprint density at radius 1 is 1.40 bits per heavy atom. The van der Waals surface area contributed by atoms with Gasteiger partial charge in [-0.25, -0.2) is 4.39 Å². The second kappa shape index (κ2) is 7.81. The third-order valence-electron chi connectivity index (χ3n) is 4.28. The quantitative estimate of drug-likeness (QED) is 0.885. The average Bonchev–Trinajstić information content (AvgIpc) is 3.01. The smallest absolute Gasteiger partial charge is 0.223 e. The Kier molecular flexibility index (Phi) is 5.51. The first-order valence-corrected chi connectivity index (χ1v) is 9.06. The van der Waals surface area contributed by atoms with E-state index in [1.54, 1.807) is 12.1 Å². The van der Waals surface area contributed by atoms with Gasteiger partial charge in [0.1, 0.15) is 22.5 Å². The van der Waals surface area contributed by atoms with E-state index in [2.05, 4.69) is 20.7 Å². The van der Waals surface area contributed by atoms with Gasteiger partial charge in [0.25, 0.3) is 0 Å². The number of hydrogen-bond donors (Lipinski definition) is 1. The molecule has 0 aliphatic carbocycles. The summed E-state index contributed by atoms with van der Waals surface area (Å²) in [7, 11) is 0. The minimum Gasteiger partial charge on any atom is -0.361 e. The maximum Gasteiger partial charge on any atom is 0.223 e. The molecule has 8 heteroatoms. The van der Waals surface area contributed by atoms with Crippen LogP contribution in [0.25, 0.3) is 0 Å². The highest BCUT2D eigenvalue weighted by molar-refractivity contribution is 7.10. The number of nitrogens with zero attached hydrogens (tertiary/aromatic N) is 3. The number of aromatic nitrogens is 1. The molecule has 1 saturated heterocycles. The van der Waals surface area contributed by atoms with E-state index in [9.17, 15) is 14.4 Å². The van der Waals surface area contributed by atoms with E-state index in [1.807, 2.05) is 0 Å². The Labute approximate surface area is 154 Å². The van der Waals surface area contributed by atoms with Crippen LogP contribution in [-0.4, -0.2) is 23.4 Å². The SMILES string of the molecule is N#Cc1c(Cl)nsc1N1CCC(C(=O)NCc2ccc(F)cc2)CC1.